The zero-order valence-electron chi connectivity index (χ0n) is 14.1. The standard InChI is InChI=1S/C19H24N2O3/c1-3-19(2,23)14-20-18(22)21-17-12-8-7-9-15(17)13-24-16-10-5-4-6-11-16/h4-12,23H,3,13-14H2,1-2H3,(H2,20,21,22)/t19-/m1/s1. The van der Waals surface area contributed by atoms with Crippen LogP contribution < -0.4 is 15.4 Å². The Labute approximate surface area is 142 Å². The molecule has 5 nitrogen and oxygen atoms in total. The second-order valence-corrected chi connectivity index (χ2v) is 5.92. The second-order valence-electron chi connectivity index (χ2n) is 5.92. The van der Waals surface area contributed by atoms with E-state index in [1.807, 2.05) is 61.5 Å². The maximum Gasteiger partial charge on any atom is 0.319 e. The van der Waals surface area contributed by atoms with Crippen molar-refractivity contribution < 1.29 is 14.6 Å². The fraction of sp³-hybridized carbons (Fsp3) is 0.316. The minimum absolute atomic E-state index is 0.192. The average Bonchev–Trinajstić information content (AvgIpc) is 2.60. The third-order valence-electron chi connectivity index (χ3n) is 3.79. The number of urea groups is 1. The lowest BCUT2D eigenvalue weighted by molar-refractivity contribution is 0.0587. The van der Waals surface area contributed by atoms with E-state index in [-0.39, 0.29) is 12.6 Å². The van der Waals surface area contributed by atoms with Crippen molar-refractivity contribution in [3.63, 3.8) is 0 Å². The van der Waals surface area contributed by atoms with Gasteiger partial charge in [0.1, 0.15) is 12.4 Å². The van der Waals surface area contributed by atoms with Crippen molar-refractivity contribution in [2.24, 2.45) is 0 Å². The Morgan fingerprint density at radius 2 is 1.79 bits per heavy atom. The van der Waals surface area contributed by atoms with E-state index in [1.165, 1.54) is 0 Å². The Balaban J connectivity index is 1.94. The number of nitrogens with one attached hydrogen (secondary N) is 2. The van der Waals surface area contributed by atoms with Gasteiger partial charge in [-0.15, -0.1) is 0 Å². The van der Waals surface area contributed by atoms with Gasteiger partial charge in [0.15, 0.2) is 0 Å². The Kier molecular flexibility index (Phi) is 6.21. The van der Waals surface area contributed by atoms with E-state index in [9.17, 15) is 9.90 Å². The molecule has 1 atom stereocenters. The SMILES string of the molecule is CC[C@@](C)(O)CNC(=O)Nc1ccccc1COc1ccccc1. The van der Waals surface area contributed by atoms with Crippen molar-refractivity contribution in [2.45, 2.75) is 32.5 Å². The van der Waals surface area contributed by atoms with Crippen LogP contribution in [0.5, 0.6) is 5.75 Å². The number of hydrogen-bond acceptors (Lipinski definition) is 3. The van der Waals surface area contributed by atoms with E-state index >= 15 is 0 Å². The highest BCUT2D eigenvalue weighted by molar-refractivity contribution is 5.90. The molecule has 128 valence electrons. The first-order chi connectivity index (χ1) is 11.5. The molecule has 0 radical (unpaired) electrons. The third-order valence-corrected chi connectivity index (χ3v) is 3.79. The van der Waals surface area contributed by atoms with Crippen LogP contribution in [0.2, 0.25) is 0 Å². The Hall–Kier alpha value is -2.53. The Morgan fingerprint density at radius 3 is 2.50 bits per heavy atom. The highest BCUT2D eigenvalue weighted by Crippen LogP contribution is 2.18. The van der Waals surface area contributed by atoms with E-state index in [2.05, 4.69) is 10.6 Å². The molecule has 0 saturated carbocycles. The molecule has 0 aliphatic carbocycles. The minimum Gasteiger partial charge on any atom is -0.489 e. The van der Waals surface area contributed by atoms with Crippen molar-refractivity contribution in [1.29, 1.82) is 0 Å². The van der Waals surface area contributed by atoms with Gasteiger partial charge < -0.3 is 20.5 Å². The number of rotatable bonds is 7. The van der Waals surface area contributed by atoms with Gasteiger partial charge in [-0.2, -0.15) is 0 Å². The predicted molar refractivity (Wildman–Crippen MR) is 95.2 cm³/mol. The van der Waals surface area contributed by atoms with Gasteiger partial charge in [-0.3, -0.25) is 0 Å². The molecular weight excluding hydrogens is 304 g/mol. The van der Waals surface area contributed by atoms with Gasteiger partial charge in [-0.05, 0) is 31.5 Å². The quantitative estimate of drug-likeness (QED) is 0.728. The molecule has 0 heterocycles. The zero-order valence-corrected chi connectivity index (χ0v) is 14.1. The summed E-state index contributed by atoms with van der Waals surface area (Å²) in [6.07, 6.45) is 0.564. The number of carbonyl (C=O) groups is 1. The molecule has 0 saturated heterocycles. The fourth-order valence-corrected chi connectivity index (χ4v) is 2.01. The van der Waals surface area contributed by atoms with Crippen LogP contribution in [0, 0.1) is 0 Å². The van der Waals surface area contributed by atoms with Crippen molar-refractivity contribution in [2.75, 3.05) is 11.9 Å². The van der Waals surface area contributed by atoms with Crippen LogP contribution in [-0.4, -0.2) is 23.3 Å². The van der Waals surface area contributed by atoms with E-state index in [4.69, 9.17) is 4.74 Å². The number of hydrogen-bond donors (Lipinski definition) is 3. The first-order valence-electron chi connectivity index (χ1n) is 8.03. The predicted octanol–water partition coefficient (Wildman–Crippen LogP) is 3.55. The fourth-order valence-electron chi connectivity index (χ4n) is 2.01. The van der Waals surface area contributed by atoms with E-state index in [0.717, 1.165) is 11.3 Å². The molecule has 0 fully saturated rings. The Bertz CT molecular complexity index is 657. The number of aliphatic hydroxyl groups is 1. The normalized spacial score (nSPS) is 13.0. The molecule has 3 N–H and O–H groups in total. The highest BCUT2D eigenvalue weighted by atomic mass is 16.5. The van der Waals surface area contributed by atoms with Crippen LogP contribution >= 0.6 is 0 Å². The summed E-state index contributed by atoms with van der Waals surface area (Å²) >= 11 is 0. The number of amides is 2. The van der Waals surface area contributed by atoms with Gasteiger partial charge in [0, 0.05) is 17.8 Å². The highest BCUT2D eigenvalue weighted by Gasteiger charge is 2.18. The van der Waals surface area contributed by atoms with Gasteiger partial charge in [-0.25, -0.2) is 4.79 Å². The first kappa shape index (κ1) is 17.8. The lowest BCUT2D eigenvalue weighted by atomic mass is 10.0. The maximum atomic E-state index is 12.0. The molecule has 0 spiro atoms. The van der Waals surface area contributed by atoms with Crippen LogP contribution in [0.4, 0.5) is 10.5 Å². The lowest BCUT2D eigenvalue weighted by Crippen LogP contribution is -2.41. The summed E-state index contributed by atoms with van der Waals surface area (Å²) in [5.41, 5.74) is 0.647. The van der Waals surface area contributed by atoms with Crippen LogP contribution in [0.15, 0.2) is 54.6 Å². The van der Waals surface area contributed by atoms with Crippen LogP contribution in [-0.2, 0) is 6.61 Å². The third kappa shape index (κ3) is 5.59. The van der Waals surface area contributed by atoms with Crippen molar-refractivity contribution in [3.05, 3.63) is 60.2 Å². The molecule has 2 aromatic carbocycles. The topological polar surface area (TPSA) is 70.6 Å². The number of carbonyl (C=O) groups excluding carboxylic acids is 1. The molecule has 5 heteroatoms. The average molecular weight is 328 g/mol. The van der Waals surface area contributed by atoms with Crippen LogP contribution in [0.3, 0.4) is 0 Å². The minimum atomic E-state index is -0.909. The van der Waals surface area contributed by atoms with E-state index < -0.39 is 5.60 Å². The summed E-state index contributed by atoms with van der Waals surface area (Å²) in [5.74, 6) is 0.774. The lowest BCUT2D eigenvalue weighted by Gasteiger charge is -2.22. The molecule has 2 amide bonds. The molecular formula is C19H24N2O3. The van der Waals surface area contributed by atoms with Gasteiger partial charge in [0.05, 0.1) is 5.60 Å². The molecule has 0 bridgehead atoms. The van der Waals surface area contributed by atoms with Crippen molar-refractivity contribution in [3.8, 4) is 5.75 Å². The molecule has 2 rings (SSSR count). The summed E-state index contributed by atoms with van der Waals surface area (Å²) in [7, 11) is 0. The van der Waals surface area contributed by atoms with Crippen molar-refractivity contribution in [1.82, 2.24) is 5.32 Å². The molecule has 0 aromatic heterocycles. The zero-order chi connectivity index (χ0) is 17.4. The molecule has 0 aliphatic rings. The maximum absolute atomic E-state index is 12.0. The summed E-state index contributed by atoms with van der Waals surface area (Å²) in [4.78, 5) is 12.0. The van der Waals surface area contributed by atoms with Gasteiger partial charge in [-0.1, -0.05) is 43.3 Å². The number of benzene rings is 2. The second kappa shape index (κ2) is 8.36. The molecule has 24 heavy (non-hydrogen) atoms. The molecule has 0 unspecified atom stereocenters. The van der Waals surface area contributed by atoms with Crippen LogP contribution in [0.25, 0.3) is 0 Å². The van der Waals surface area contributed by atoms with Gasteiger partial charge in [0.25, 0.3) is 0 Å². The molecule has 0 aliphatic heterocycles. The van der Waals surface area contributed by atoms with Gasteiger partial charge >= 0.3 is 6.03 Å². The van der Waals surface area contributed by atoms with Crippen molar-refractivity contribution >= 4 is 11.7 Å². The van der Waals surface area contributed by atoms with E-state index in [1.54, 1.807) is 6.92 Å². The smallest absolute Gasteiger partial charge is 0.319 e. The monoisotopic (exact) mass is 328 g/mol. The first-order valence-corrected chi connectivity index (χ1v) is 8.03. The summed E-state index contributed by atoms with van der Waals surface area (Å²) in [6.45, 7) is 4.11. The van der Waals surface area contributed by atoms with Crippen LogP contribution in [0.1, 0.15) is 25.8 Å². The summed E-state index contributed by atoms with van der Waals surface area (Å²) in [5, 5.41) is 15.4. The summed E-state index contributed by atoms with van der Waals surface area (Å²) < 4.78 is 5.73. The Morgan fingerprint density at radius 1 is 1.12 bits per heavy atom. The summed E-state index contributed by atoms with van der Waals surface area (Å²) in [6, 6.07) is 16.6. The molecule has 2 aromatic rings. The van der Waals surface area contributed by atoms with Gasteiger partial charge in [0.2, 0.25) is 0 Å². The largest absolute Gasteiger partial charge is 0.489 e. The number of ether oxygens (including phenoxy) is 1. The number of anilines is 1. The van der Waals surface area contributed by atoms with E-state index in [0.29, 0.717) is 18.7 Å². The number of para-hydroxylation sites is 2.